The van der Waals surface area contributed by atoms with Gasteiger partial charge in [-0.25, -0.2) is 0 Å². The Labute approximate surface area is 109 Å². The van der Waals surface area contributed by atoms with E-state index < -0.39 is 0 Å². The lowest BCUT2D eigenvalue weighted by Gasteiger charge is -2.07. The normalized spacial score (nSPS) is 10.7. The van der Waals surface area contributed by atoms with Gasteiger partial charge in [0.25, 0.3) is 0 Å². The van der Waals surface area contributed by atoms with Gasteiger partial charge in [0.1, 0.15) is 5.69 Å². The molecule has 1 aromatic heterocycles. The van der Waals surface area contributed by atoms with Crippen LogP contribution in [0.2, 0.25) is 5.02 Å². The fourth-order valence-electron chi connectivity index (χ4n) is 1.98. The van der Waals surface area contributed by atoms with E-state index in [0.29, 0.717) is 10.8 Å². The van der Waals surface area contributed by atoms with Crippen molar-refractivity contribution in [3.05, 3.63) is 53.6 Å². The maximum absolute atomic E-state index is 6.20. The van der Waals surface area contributed by atoms with E-state index in [9.17, 15) is 0 Å². The summed E-state index contributed by atoms with van der Waals surface area (Å²) in [5, 5.41) is 10.7. The minimum absolute atomic E-state index is 0.432. The van der Waals surface area contributed by atoms with Crippen LogP contribution in [0, 0.1) is 0 Å². The monoisotopic (exact) mass is 255 g/mol. The van der Waals surface area contributed by atoms with Crippen molar-refractivity contribution >= 4 is 28.2 Å². The highest BCUT2D eigenvalue weighted by Crippen LogP contribution is 2.32. The molecule has 3 rings (SSSR count). The first-order valence-electron chi connectivity index (χ1n) is 5.53. The van der Waals surface area contributed by atoms with Gasteiger partial charge in [-0.05, 0) is 6.07 Å². The van der Waals surface area contributed by atoms with Gasteiger partial charge in [-0.1, -0.05) is 54.1 Å². The molecule has 2 aromatic carbocycles. The van der Waals surface area contributed by atoms with E-state index in [0.717, 1.165) is 22.0 Å². The predicted molar refractivity (Wildman–Crippen MR) is 74.4 cm³/mol. The fourth-order valence-corrected chi connectivity index (χ4v) is 2.20. The number of nitrogens with two attached hydrogens (primary N) is 1. The van der Waals surface area contributed by atoms with Gasteiger partial charge < -0.3 is 5.73 Å². The van der Waals surface area contributed by atoms with Gasteiger partial charge in [0.05, 0.1) is 5.02 Å². The molecule has 18 heavy (non-hydrogen) atoms. The SMILES string of the molecule is Nc1nnc(-c2ccccc2Cl)c2ccccc12. The number of nitrogens with zero attached hydrogens (tertiary/aromatic N) is 2. The first-order chi connectivity index (χ1) is 8.77. The largest absolute Gasteiger partial charge is 0.382 e. The van der Waals surface area contributed by atoms with Gasteiger partial charge in [-0.3, -0.25) is 0 Å². The standard InChI is InChI=1S/C14H10ClN3/c15-12-8-4-3-7-11(12)13-9-5-1-2-6-10(9)14(16)18-17-13/h1-8H,(H2,16,18). The summed E-state index contributed by atoms with van der Waals surface area (Å²) in [5.41, 5.74) is 7.45. The fraction of sp³-hybridized carbons (Fsp3) is 0. The topological polar surface area (TPSA) is 51.8 Å². The lowest BCUT2D eigenvalue weighted by Crippen LogP contribution is -1.97. The molecular weight excluding hydrogens is 246 g/mol. The van der Waals surface area contributed by atoms with Crippen molar-refractivity contribution in [2.75, 3.05) is 5.73 Å². The third kappa shape index (κ3) is 1.69. The summed E-state index contributed by atoms with van der Waals surface area (Å²) in [7, 11) is 0. The molecule has 0 unspecified atom stereocenters. The Hall–Kier alpha value is -2.13. The lowest BCUT2D eigenvalue weighted by atomic mass is 10.0. The molecule has 3 nitrogen and oxygen atoms in total. The summed E-state index contributed by atoms with van der Waals surface area (Å²) < 4.78 is 0. The van der Waals surface area contributed by atoms with Crippen LogP contribution in [0.4, 0.5) is 5.82 Å². The molecule has 2 N–H and O–H groups in total. The van der Waals surface area contributed by atoms with E-state index in [1.165, 1.54) is 0 Å². The van der Waals surface area contributed by atoms with Gasteiger partial charge in [0.2, 0.25) is 0 Å². The highest BCUT2D eigenvalue weighted by Gasteiger charge is 2.11. The molecule has 1 heterocycles. The number of fused-ring (bicyclic) bond motifs is 1. The molecule has 0 saturated heterocycles. The van der Waals surface area contributed by atoms with Crippen LogP contribution in [0.1, 0.15) is 0 Å². The molecule has 0 bridgehead atoms. The van der Waals surface area contributed by atoms with Crippen LogP contribution in [0.25, 0.3) is 22.0 Å². The number of rotatable bonds is 1. The first-order valence-corrected chi connectivity index (χ1v) is 5.91. The van der Waals surface area contributed by atoms with Crippen LogP contribution in [0.15, 0.2) is 48.5 Å². The molecule has 88 valence electrons. The highest BCUT2D eigenvalue weighted by molar-refractivity contribution is 6.33. The maximum Gasteiger partial charge on any atom is 0.154 e. The van der Waals surface area contributed by atoms with Gasteiger partial charge in [-0.15, -0.1) is 10.2 Å². The molecule has 0 aliphatic carbocycles. The number of hydrogen-bond acceptors (Lipinski definition) is 3. The highest BCUT2D eigenvalue weighted by atomic mass is 35.5. The van der Waals surface area contributed by atoms with Crippen molar-refractivity contribution < 1.29 is 0 Å². The van der Waals surface area contributed by atoms with E-state index in [1.54, 1.807) is 0 Å². The van der Waals surface area contributed by atoms with Crippen LogP contribution in [0.5, 0.6) is 0 Å². The van der Waals surface area contributed by atoms with E-state index in [2.05, 4.69) is 10.2 Å². The van der Waals surface area contributed by atoms with Gasteiger partial charge >= 0.3 is 0 Å². The molecule has 0 aliphatic heterocycles. The van der Waals surface area contributed by atoms with Crippen LogP contribution >= 0.6 is 11.6 Å². The van der Waals surface area contributed by atoms with Crippen LogP contribution < -0.4 is 5.73 Å². The van der Waals surface area contributed by atoms with Crippen molar-refractivity contribution in [2.24, 2.45) is 0 Å². The van der Waals surface area contributed by atoms with Gasteiger partial charge in [0.15, 0.2) is 5.82 Å². The second-order valence-electron chi connectivity index (χ2n) is 3.96. The lowest BCUT2D eigenvalue weighted by molar-refractivity contribution is 1.07. The van der Waals surface area contributed by atoms with Crippen molar-refractivity contribution in [2.45, 2.75) is 0 Å². The summed E-state index contributed by atoms with van der Waals surface area (Å²) in [6.07, 6.45) is 0. The number of halogens is 1. The molecule has 4 heteroatoms. The Balaban J connectivity index is 2.38. The number of aromatic nitrogens is 2. The third-order valence-electron chi connectivity index (χ3n) is 2.84. The zero-order chi connectivity index (χ0) is 12.5. The summed E-state index contributed by atoms with van der Waals surface area (Å²) in [6, 6.07) is 15.4. The van der Waals surface area contributed by atoms with Crippen LogP contribution in [-0.4, -0.2) is 10.2 Å². The molecule has 0 atom stereocenters. The number of benzene rings is 2. The van der Waals surface area contributed by atoms with Gasteiger partial charge in [0, 0.05) is 16.3 Å². The second kappa shape index (κ2) is 4.27. The average molecular weight is 256 g/mol. The average Bonchev–Trinajstić information content (AvgIpc) is 2.41. The van der Waals surface area contributed by atoms with Crippen molar-refractivity contribution in [1.82, 2.24) is 10.2 Å². The molecule has 0 saturated carbocycles. The quantitative estimate of drug-likeness (QED) is 0.724. The second-order valence-corrected chi connectivity index (χ2v) is 4.37. The molecule has 0 spiro atoms. The number of nitrogen functional groups attached to an aromatic ring is 1. The summed E-state index contributed by atoms with van der Waals surface area (Å²) in [4.78, 5) is 0. The Bertz CT molecular complexity index is 725. The van der Waals surface area contributed by atoms with Crippen molar-refractivity contribution in [1.29, 1.82) is 0 Å². The van der Waals surface area contributed by atoms with Crippen molar-refractivity contribution in [3.8, 4) is 11.3 Å². The number of hydrogen-bond donors (Lipinski definition) is 1. The molecule has 0 amide bonds. The third-order valence-corrected chi connectivity index (χ3v) is 3.17. The Morgan fingerprint density at radius 2 is 1.50 bits per heavy atom. The molecule has 0 aliphatic rings. The minimum atomic E-state index is 0.432. The van der Waals surface area contributed by atoms with E-state index in [-0.39, 0.29) is 0 Å². The van der Waals surface area contributed by atoms with Crippen LogP contribution in [-0.2, 0) is 0 Å². The smallest absolute Gasteiger partial charge is 0.154 e. The van der Waals surface area contributed by atoms with Gasteiger partial charge in [-0.2, -0.15) is 0 Å². The summed E-state index contributed by atoms with van der Waals surface area (Å²) >= 11 is 6.20. The predicted octanol–water partition coefficient (Wildman–Crippen LogP) is 3.53. The Morgan fingerprint density at radius 3 is 2.28 bits per heavy atom. The number of anilines is 1. The Morgan fingerprint density at radius 1 is 0.833 bits per heavy atom. The maximum atomic E-state index is 6.20. The zero-order valence-corrected chi connectivity index (χ0v) is 10.2. The molecule has 3 aromatic rings. The molecule has 0 radical (unpaired) electrons. The zero-order valence-electron chi connectivity index (χ0n) is 9.47. The summed E-state index contributed by atoms with van der Waals surface area (Å²) in [5.74, 6) is 0.432. The van der Waals surface area contributed by atoms with E-state index in [4.69, 9.17) is 17.3 Å². The van der Waals surface area contributed by atoms with E-state index >= 15 is 0 Å². The Kier molecular flexibility index (Phi) is 2.61. The summed E-state index contributed by atoms with van der Waals surface area (Å²) in [6.45, 7) is 0. The molecular formula is C14H10ClN3. The molecule has 0 fully saturated rings. The van der Waals surface area contributed by atoms with E-state index in [1.807, 2.05) is 48.5 Å². The first kappa shape index (κ1) is 11.0. The van der Waals surface area contributed by atoms with Crippen molar-refractivity contribution in [3.63, 3.8) is 0 Å². The van der Waals surface area contributed by atoms with Crippen LogP contribution in [0.3, 0.4) is 0 Å². The minimum Gasteiger partial charge on any atom is -0.382 e.